The number of rotatable bonds is 24. The van der Waals surface area contributed by atoms with Gasteiger partial charge in [0.25, 0.3) is 0 Å². The first-order valence-corrected chi connectivity index (χ1v) is 14.7. The fourth-order valence-electron chi connectivity index (χ4n) is 3.76. The van der Waals surface area contributed by atoms with Crippen molar-refractivity contribution in [1.82, 2.24) is 13.7 Å². The lowest BCUT2D eigenvalue weighted by Crippen LogP contribution is -2.55. The van der Waals surface area contributed by atoms with Gasteiger partial charge in [0.2, 0.25) is 0 Å². The number of carbonyl (C=O) groups is 5. The van der Waals surface area contributed by atoms with Crippen LogP contribution in [0.1, 0.15) is 51.4 Å². The van der Waals surface area contributed by atoms with Crippen molar-refractivity contribution in [2.24, 2.45) is 0 Å². The Hall–Kier alpha value is -5.02. The maximum Gasteiger partial charge on any atom is 0.336 e. The molecule has 0 aliphatic rings. The second-order valence-corrected chi connectivity index (χ2v) is 9.48. The largest absolute Gasteiger partial charge is 0.464 e. The lowest BCUT2D eigenvalue weighted by molar-refractivity contribution is -0.145. The average Bonchev–Trinajstić information content (AvgIpc) is 3.04. The number of unbranched alkanes of at least 4 members (excludes halogenated alkanes) is 4. The molecule has 0 bridgehead atoms. The van der Waals surface area contributed by atoms with E-state index in [1.165, 1.54) is 0 Å². The molecule has 0 spiro atoms. The topological polar surface area (TPSA) is 197 Å². The molecule has 0 unspecified atom stereocenters. The lowest BCUT2D eigenvalue weighted by atomic mass is 10.2. The van der Waals surface area contributed by atoms with Gasteiger partial charge in [-0.25, -0.2) is 42.5 Å². The van der Waals surface area contributed by atoms with E-state index in [1.54, 1.807) is 0 Å². The van der Waals surface area contributed by atoms with Gasteiger partial charge in [-0.1, -0.05) is 19.7 Å². The summed E-state index contributed by atoms with van der Waals surface area (Å²) in [5.74, 6) is -3.01. The number of hydrogen-bond donors (Lipinski definition) is 0. The minimum Gasteiger partial charge on any atom is -0.464 e. The van der Waals surface area contributed by atoms with Gasteiger partial charge < -0.3 is 23.7 Å². The van der Waals surface area contributed by atoms with Crippen molar-refractivity contribution < 1.29 is 47.7 Å². The van der Waals surface area contributed by atoms with Gasteiger partial charge in [-0.05, 0) is 38.5 Å². The average molecular weight is 652 g/mol. The predicted molar refractivity (Wildman–Crippen MR) is 162 cm³/mol. The molecule has 46 heavy (non-hydrogen) atoms. The van der Waals surface area contributed by atoms with Crippen LogP contribution in [0.2, 0.25) is 0 Å². The van der Waals surface area contributed by atoms with Gasteiger partial charge >= 0.3 is 46.9 Å². The second-order valence-electron chi connectivity index (χ2n) is 9.48. The number of ether oxygens (including phenoxy) is 5. The van der Waals surface area contributed by atoms with Gasteiger partial charge in [0, 0.05) is 31.1 Å². The summed E-state index contributed by atoms with van der Waals surface area (Å²) < 4.78 is 26.9. The van der Waals surface area contributed by atoms with Crippen LogP contribution in [-0.4, -0.2) is 76.6 Å². The molecule has 0 fully saturated rings. The van der Waals surface area contributed by atoms with E-state index in [2.05, 4.69) is 19.7 Å². The van der Waals surface area contributed by atoms with Crippen LogP contribution in [-0.2, 0) is 67.3 Å². The maximum absolute atomic E-state index is 13.1. The first-order chi connectivity index (χ1) is 22.0. The number of nitrogens with zero attached hydrogens (tertiary/aromatic N) is 3. The van der Waals surface area contributed by atoms with Gasteiger partial charge in [0.05, 0.1) is 32.8 Å². The molecule has 0 atom stereocenters. The lowest BCUT2D eigenvalue weighted by Gasteiger charge is -2.14. The summed E-state index contributed by atoms with van der Waals surface area (Å²) in [6.45, 7) is 8.00. The van der Waals surface area contributed by atoms with Crippen molar-refractivity contribution in [3.8, 4) is 0 Å². The highest BCUT2D eigenvalue weighted by Crippen LogP contribution is 2.03. The number of carbonyl (C=O) groups excluding carboxylic acids is 5. The third kappa shape index (κ3) is 15.1. The molecule has 0 N–H and O–H groups in total. The summed E-state index contributed by atoms with van der Waals surface area (Å²) in [7, 11) is 0. The molecule has 16 heteroatoms. The fraction of sp³-hybridized carbons (Fsp3) is 0.533. The minimum atomic E-state index is -1.01. The highest BCUT2D eigenvalue weighted by atomic mass is 16.5. The molecule has 0 aromatic carbocycles. The van der Waals surface area contributed by atoms with E-state index in [-0.39, 0.29) is 65.5 Å². The Balaban J connectivity index is 2.79. The molecule has 0 saturated carbocycles. The van der Waals surface area contributed by atoms with Gasteiger partial charge in [-0.3, -0.25) is 9.59 Å². The summed E-state index contributed by atoms with van der Waals surface area (Å²) in [5, 5.41) is 0. The monoisotopic (exact) mass is 651 g/mol. The molecule has 254 valence electrons. The van der Waals surface area contributed by atoms with E-state index in [9.17, 15) is 38.4 Å². The molecular formula is C30H41N3O13. The Bertz CT molecular complexity index is 1320. The third-order valence-electron chi connectivity index (χ3n) is 6.14. The smallest absolute Gasteiger partial charge is 0.336 e. The summed E-state index contributed by atoms with van der Waals surface area (Å²) in [6, 6.07) is 0. The maximum atomic E-state index is 13.1. The highest BCUT2D eigenvalue weighted by molar-refractivity contribution is 5.81. The van der Waals surface area contributed by atoms with E-state index >= 15 is 0 Å². The summed E-state index contributed by atoms with van der Waals surface area (Å²) in [5.41, 5.74) is -3.03. The van der Waals surface area contributed by atoms with Gasteiger partial charge in [0.15, 0.2) is 0 Å². The van der Waals surface area contributed by atoms with Crippen LogP contribution in [0.25, 0.3) is 0 Å². The number of aromatic nitrogens is 3. The first-order valence-electron chi connectivity index (χ1n) is 14.7. The zero-order valence-corrected chi connectivity index (χ0v) is 25.8. The van der Waals surface area contributed by atoms with Crippen LogP contribution >= 0.6 is 0 Å². The quantitative estimate of drug-likeness (QED) is 0.0651. The van der Waals surface area contributed by atoms with Crippen LogP contribution in [0.4, 0.5) is 0 Å². The van der Waals surface area contributed by atoms with Gasteiger partial charge in [-0.15, -0.1) is 0 Å². The van der Waals surface area contributed by atoms with Crippen LogP contribution in [0.3, 0.4) is 0 Å². The molecule has 1 aromatic heterocycles. The molecule has 1 aromatic rings. The van der Waals surface area contributed by atoms with Gasteiger partial charge in [0.1, 0.15) is 19.8 Å². The van der Waals surface area contributed by atoms with Crippen molar-refractivity contribution in [3.05, 3.63) is 69.4 Å². The molecule has 16 nitrogen and oxygen atoms in total. The Morgan fingerprint density at radius 1 is 0.457 bits per heavy atom. The Morgan fingerprint density at radius 3 is 1.09 bits per heavy atom. The van der Waals surface area contributed by atoms with Gasteiger partial charge in [-0.2, -0.15) is 0 Å². The molecule has 0 aliphatic heterocycles. The summed E-state index contributed by atoms with van der Waals surface area (Å²) in [4.78, 5) is 96.7. The van der Waals surface area contributed by atoms with E-state index in [1.807, 2.05) is 0 Å². The van der Waals surface area contributed by atoms with Crippen molar-refractivity contribution in [1.29, 1.82) is 0 Å². The Labute approximate surface area is 264 Å². The van der Waals surface area contributed by atoms with Crippen molar-refractivity contribution >= 4 is 29.8 Å². The van der Waals surface area contributed by atoms with Crippen molar-refractivity contribution in [2.75, 3.05) is 33.0 Å². The first kappa shape index (κ1) is 39.0. The van der Waals surface area contributed by atoms with E-state index in [0.29, 0.717) is 52.2 Å². The van der Waals surface area contributed by atoms with Crippen molar-refractivity contribution in [3.63, 3.8) is 0 Å². The second kappa shape index (κ2) is 22.5. The number of hydrogen-bond acceptors (Lipinski definition) is 13. The zero-order chi connectivity index (χ0) is 34.3. The van der Waals surface area contributed by atoms with E-state index < -0.39 is 46.9 Å². The molecule has 0 aliphatic carbocycles. The highest BCUT2D eigenvalue weighted by Gasteiger charge is 2.17. The fourth-order valence-corrected chi connectivity index (χ4v) is 3.76. The standard InChI is InChI=1S/C30H41N3O13/c1-4-23(34)42-18-11-7-9-13-26(37)45-21-16-32-28(39)31(15-20-44-25(36)6-3)29(40)33(30(32)41)17-22-46-27(38)14-10-8-12-19-43-24(35)5-2/h4-6H,1-3,7-22H2. The Kier molecular flexibility index (Phi) is 19.1. The minimum absolute atomic E-state index is 0.0524. The molecule has 1 heterocycles. The normalized spacial score (nSPS) is 10.3. The van der Waals surface area contributed by atoms with Crippen molar-refractivity contribution in [2.45, 2.75) is 71.0 Å². The van der Waals surface area contributed by atoms with E-state index in [0.717, 1.165) is 18.2 Å². The molecule has 1 rings (SSSR count). The third-order valence-corrected chi connectivity index (χ3v) is 6.14. The van der Waals surface area contributed by atoms with Crippen LogP contribution in [0.15, 0.2) is 52.3 Å². The zero-order valence-electron chi connectivity index (χ0n) is 25.8. The molecular weight excluding hydrogens is 610 g/mol. The Morgan fingerprint density at radius 2 is 0.761 bits per heavy atom. The van der Waals surface area contributed by atoms with E-state index in [4.69, 9.17) is 23.7 Å². The number of esters is 5. The van der Waals surface area contributed by atoms with Crippen LogP contribution in [0.5, 0.6) is 0 Å². The predicted octanol–water partition coefficient (Wildman–Crippen LogP) is 0.567. The molecule has 0 radical (unpaired) electrons. The SMILES string of the molecule is C=CC(=O)OCCCCCC(=O)OCCn1c(=O)n(CCOC(=O)C=C)c(=O)n(CCOC(=O)CCCCCOC(=O)C=C)c1=O. The van der Waals surface area contributed by atoms with Crippen LogP contribution < -0.4 is 17.1 Å². The molecule has 0 saturated heterocycles. The summed E-state index contributed by atoms with van der Waals surface area (Å²) in [6.07, 6.45) is 6.27. The molecule has 0 amide bonds. The van der Waals surface area contributed by atoms with Crippen LogP contribution in [0, 0.1) is 0 Å². The summed E-state index contributed by atoms with van der Waals surface area (Å²) >= 11 is 0.